The Bertz CT molecular complexity index is 225. The molecule has 1 atom stereocenters. The molecule has 6 heteroatoms. The Morgan fingerprint density at radius 2 is 2.31 bits per heavy atom. The molecule has 0 spiro atoms. The number of nitrogens with zero attached hydrogens (tertiary/aromatic N) is 2. The maximum absolute atomic E-state index is 11.5. The topological polar surface area (TPSA) is 65.0 Å². The van der Waals surface area contributed by atoms with Gasteiger partial charge >= 0.3 is 6.03 Å². The van der Waals surface area contributed by atoms with E-state index in [2.05, 4.69) is 5.32 Å². The Labute approximate surface area is 96.2 Å². The summed E-state index contributed by atoms with van der Waals surface area (Å²) in [5, 5.41) is 12.8. The number of methoxy groups -OCH3 is 1. The van der Waals surface area contributed by atoms with Gasteiger partial charge in [0.2, 0.25) is 0 Å². The second-order valence-electron chi connectivity index (χ2n) is 4.00. The molecular formula is C10H21N3O3. The van der Waals surface area contributed by atoms with Crippen LogP contribution in [0.25, 0.3) is 0 Å². The van der Waals surface area contributed by atoms with Crippen LogP contribution in [-0.4, -0.2) is 80.5 Å². The van der Waals surface area contributed by atoms with E-state index in [1.165, 1.54) is 0 Å². The van der Waals surface area contributed by atoms with Crippen molar-refractivity contribution in [2.45, 2.75) is 6.10 Å². The van der Waals surface area contributed by atoms with Crippen LogP contribution in [0.3, 0.4) is 0 Å². The predicted molar refractivity (Wildman–Crippen MR) is 60.4 cm³/mol. The highest BCUT2D eigenvalue weighted by molar-refractivity contribution is 5.76. The number of likely N-dealkylation sites (N-methyl/N-ethyl adjacent to an activating group) is 1. The minimum absolute atomic E-state index is 0.00376. The van der Waals surface area contributed by atoms with E-state index < -0.39 is 6.10 Å². The molecule has 0 aliphatic carbocycles. The summed E-state index contributed by atoms with van der Waals surface area (Å²) in [6.45, 7) is 3.65. The lowest BCUT2D eigenvalue weighted by molar-refractivity contribution is 0.123. The summed E-state index contributed by atoms with van der Waals surface area (Å²) < 4.78 is 4.87. The highest BCUT2D eigenvalue weighted by atomic mass is 16.5. The summed E-state index contributed by atoms with van der Waals surface area (Å²) in [6.07, 6.45) is -0.521. The third-order valence-corrected chi connectivity index (χ3v) is 2.60. The third-order valence-electron chi connectivity index (χ3n) is 2.60. The zero-order chi connectivity index (χ0) is 12.0. The fourth-order valence-electron chi connectivity index (χ4n) is 1.63. The van der Waals surface area contributed by atoms with Crippen molar-refractivity contribution in [1.29, 1.82) is 0 Å². The molecule has 94 valence electrons. The van der Waals surface area contributed by atoms with Gasteiger partial charge < -0.3 is 25.0 Å². The molecule has 1 fully saturated rings. The molecule has 1 aliphatic heterocycles. The monoisotopic (exact) mass is 231 g/mol. The third kappa shape index (κ3) is 3.96. The van der Waals surface area contributed by atoms with Crippen LogP contribution in [0.4, 0.5) is 4.79 Å². The van der Waals surface area contributed by atoms with Gasteiger partial charge in [-0.2, -0.15) is 0 Å². The number of ether oxygens (including phenoxy) is 1. The molecule has 2 amide bonds. The van der Waals surface area contributed by atoms with E-state index in [-0.39, 0.29) is 6.03 Å². The van der Waals surface area contributed by atoms with Crippen molar-refractivity contribution in [3.05, 3.63) is 0 Å². The van der Waals surface area contributed by atoms with Gasteiger partial charge in [-0.05, 0) is 0 Å². The van der Waals surface area contributed by atoms with Crippen molar-refractivity contribution >= 4 is 6.03 Å². The van der Waals surface area contributed by atoms with Crippen molar-refractivity contribution in [3.63, 3.8) is 0 Å². The molecule has 0 saturated carbocycles. The number of carbonyl (C=O) groups excluding carboxylic acids is 1. The van der Waals surface area contributed by atoms with E-state index in [1.807, 2.05) is 0 Å². The van der Waals surface area contributed by atoms with Gasteiger partial charge in [-0.1, -0.05) is 0 Å². The first-order chi connectivity index (χ1) is 7.65. The number of amides is 2. The maximum Gasteiger partial charge on any atom is 0.319 e. The normalized spacial score (nSPS) is 18.3. The smallest absolute Gasteiger partial charge is 0.319 e. The molecule has 0 aromatic carbocycles. The molecule has 1 aliphatic rings. The van der Waals surface area contributed by atoms with Crippen LogP contribution in [0.1, 0.15) is 0 Å². The molecule has 1 saturated heterocycles. The van der Waals surface area contributed by atoms with Crippen LogP contribution in [0.5, 0.6) is 0 Å². The van der Waals surface area contributed by atoms with Crippen LogP contribution in [0, 0.1) is 0 Å². The van der Waals surface area contributed by atoms with Gasteiger partial charge in [0.15, 0.2) is 0 Å². The molecule has 16 heavy (non-hydrogen) atoms. The number of aliphatic hydroxyl groups excluding tert-OH is 1. The molecule has 0 aromatic heterocycles. The summed E-state index contributed by atoms with van der Waals surface area (Å²) in [5.74, 6) is 0. The summed E-state index contributed by atoms with van der Waals surface area (Å²) in [6, 6.07) is -0.00376. The summed E-state index contributed by atoms with van der Waals surface area (Å²) in [5.41, 5.74) is 0. The average molecular weight is 231 g/mol. The standard InChI is InChI=1S/C10H21N3O3/c1-12-4-5-13(10(12)15)8-9(14)7-11-3-6-16-2/h9,11,14H,3-8H2,1-2H3. The second kappa shape index (κ2) is 6.67. The number of β-amino-alcohol motifs (C(OH)–C–C–N with tert-alkyl or cyclic N) is 1. The fraction of sp³-hybridized carbons (Fsp3) is 0.900. The highest BCUT2D eigenvalue weighted by Crippen LogP contribution is 2.06. The van der Waals surface area contributed by atoms with Crippen LogP contribution >= 0.6 is 0 Å². The molecule has 0 bridgehead atoms. The lowest BCUT2D eigenvalue weighted by Gasteiger charge is -2.20. The van der Waals surface area contributed by atoms with Gasteiger partial charge in [-0.3, -0.25) is 0 Å². The van der Waals surface area contributed by atoms with Crippen LogP contribution in [-0.2, 0) is 4.74 Å². The van der Waals surface area contributed by atoms with Crippen molar-refractivity contribution in [1.82, 2.24) is 15.1 Å². The Kier molecular flexibility index (Phi) is 5.51. The number of urea groups is 1. The Hall–Kier alpha value is -0.850. The van der Waals surface area contributed by atoms with E-state index >= 15 is 0 Å². The van der Waals surface area contributed by atoms with E-state index in [1.54, 1.807) is 24.0 Å². The van der Waals surface area contributed by atoms with Crippen molar-refractivity contribution in [2.24, 2.45) is 0 Å². The number of hydrogen-bond acceptors (Lipinski definition) is 4. The number of hydrogen-bond donors (Lipinski definition) is 2. The summed E-state index contributed by atoms with van der Waals surface area (Å²) in [4.78, 5) is 14.8. The van der Waals surface area contributed by atoms with Gasteiger partial charge in [0.05, 0.1) is 12.7 Å². The van der Waals surface area contributed by atoms with Crippen LogP contribution in [0.2, 0.25) is 0 Å². The molecular weight excluding hydrogens is 210 g/mol. The van der Waals surface area contributed by atoms with Crippen LogP contribution in [0.15, 0.2) is 0 Å². The largest absolute Gasteiger partial charge is 0.390 e. The Morgan fingerprint density at radius 3 is 2.88 bits per heavy atom. The number of rotatable bonds is 7. The summed E-state index contributed by atoms with van der Waals surface area (Å²) in [7, 11) is 3.41. The molecule has 1 unspecified atom stereocenters. The van der Waals surface area contributed by atoms with E-state index in [9.17, 15) is 9.90 Å². The van der Waals surface area contributed by atoms with Gasteiger partial charge in [-0.25, -0.2) is 4.79 Å². The van der Waals surface area contributed by atoms with E-state index in [0.29, 0.717) is 32.8 Å². The molecule has 1 heterocycles. The first kappa shape index (κ1) is 13.2. The molecule has 2 N–H and O–H groups in total. The maximum atomic E-state index is 11.5. The minimum Gasteiger partial charge on any atom is -0.390 e. The lowest BCUT2D eigenvalue weighted by Crippen LogP contribution is -2.40. The first-order valence-corrected chi connectivity index (χ1v) is 5.53. The zero-order valence-electron chi connectivity index (χ0n) is 9.98. The van der Waals surface area contributed by atoms with Crippen molar-refractivity contribution < 1.29 is 14.6 Å². The van der Waals surface area contributed by atoms with Gasteiger partial charge in [0.1, 0.15) is 0 Å². The summed E-state index contributed by atoms with van der Waals surface area (Å²) >= 11 is 0. The molecule has 0 aromatic rings. The van der Waals surface area contributed by atoms with Crippen molar-refractivity contribution in [2.75, 3.05) is 53.5 Å². The molecule has 6 nitrogen and oxygen atoms in total. The van der Waals surface area contributed by atoms with Gasteiger partial charge in [0.25, 0.3) is 0 Å². The number of nitrogens with one attached hydrogen (secondary N) is 1. The number of carbonyl (C=O) groups is 1. The van der Waals surface area contributed by atoms with Crippen LogP contribution < -0.4 is 5.32 Å². The van der Waals surface area contributed by atoms with E-state index in [0.717, 1.165) is 6.54 Å². The lowest BCUT2D eigenvalue weighted by atomic mass is 10.3. The Balaban J connectivity index is 2.14. The minimum atomic E-state index is -0.521. The molecule has 0 radical (unpaired) electrons. The highest BCUT2D eigenvalue weighted by Gasteiger charge is 2.26. The quantitative estimate of drug-likeness (QED) is 0.549. The average Bonchev–Trinajstić information content (AvgIpc) is 2.56. The van der Waals surface area contributed by atoms with Crippen molar-refractivity contribution in [3.8, 4) is 0 Å². The van der Waals surface area contributed by atoms with Gasteiger partial charge in [0, 0.05) is 46.9 Å². The number of aliphatic hydroxyl groups is 1. The van der Waals surface area contributed by atoms with E-state index in [4.69, 9.17) is 4.74 Å². The van der Waals surface area contributed by atoms with Gasteiger partial charge in [-0.15, -0.1) is 0 Å². The Morgan fingerprint density at radius 1 is 1.56 bits per heavy atom. The fourth-order valence-corrected chi connectivity index (χ4v) is 1.63. The SMILES string of the molecule is COCCNCC(O)CN1CCN(C)C1=O. The zero-order valence-corrected chi connectivity index (χ0v) is 9.98. The first-order valence-electron chi connectivity index (χ1n) is 5.53. The molecule has 1 rings (SSSR count). The predicted octanol–water partition coefficient (Wildman–Crippen LogP) is -1.05. The second-order valence-corrected chi connectivity index (χ2v) is 4.00.